The highest BCUT2D eigenvalue weighted by Gasteiger charge is 2.22. The van der Waals surface area contributed by atoms with Crippen LogP contribution in [0.3, 0.4) is 0 Å². The Hall–Kier alpha value is -2.34. The number of nitrogens with zero attached hydrogens (tertiary/aromatic N) is 6. The van der Waals surface area contributed by atoms with Crippen molar-refractivity contribution in [1.29, 1.82) is 0 Å². The molecular formula is C22H32N6. The van der Waals surface area contributed by atoms with Gasteiger partial charge >= 0.3 is 0 Å². The Labute approximate surface area is 168 Å². The first-order valence-corrected chi connectivity index (χ1v) is 10.5. The Balaban J connectivity index is 1.43. The van der Waals surface area contributed by atoms with Gasteiger partial charge in [-0.2, -0.15) is 4.98 Å². The number of aromatic nitrogens is 2. The Morgan fingerprint density at radius 3 is 2.14 bits per heavy atom. The number of anilines is 3. The van der Waals surface area contributed by atoms with Crippen molar-refractivity contribution >= 4 is 17.5 Å². The molecule has 0 unspecified atom stereocenters. The zero-order valence-corrected chi connectivity index (χ0v) is 17.4. The highest BCUT2D eigenvalue weighted by molar-refractivity contribution is 5.52. The third-order valence-electron chi connectivity index (χ3n) is 5.90. The third-order valence-corrected chi connectivity index (χ3v) is 5.90. The predicted octanol–water partition coefficient (Wildman–Crippen LogP) is 2.56. The molecule has 2 saturated heterocycles. The quantitative estimate of drug-likeness (QED) is 0.812. The van der Waals surface area contributed by atoms with Crippen LogP contribution in [0.2, 0.25) is 0 Å². The Kier molecular flexibility index (Phi) is 5.67. The molecule has 2 aliphatic heterocycles. The summed E-state index contributed by atoms with van der Waals surface area (Å²) < 4.78 is 0. The lowest BCUT2D eigenvalue weighted by molar-refractivity contribution is 0.270. The summed E-state index contributed by atoms with van der Waals surface area (Å²) in [5.41, 5.74) is 3.70. The first kappa shape index (κ1) is 19.0. The molecule has 0 bridgehead atoms. The molecule has 0 saturated carbocycles. The minimum Gasteiger partial charge on any atom is -0.368 e. The molecule has 0 N–H and O–H groups in total. The van der Waals surface area contributed by atoms with Crippen molar-refractivity contribution in [2.75, 3.05) is 73.6 Å². The van der Waals surface area contributed by atoms with E-state index in [1.54, 1.807) is 0 Å². The van der Waals surface area contributed by atoms with Gasteiger partial charge in [0.25, 0.3) is 0 Å². The normalized spacial score (nSPS) is 18.6. The van der Waals surface area contributed by atoms with Gasteiger partial charge in [-0.3, -0.25) is 0 Å². The standard InChI is InChI=1S/C22H32N6/c1-4-25-8-10-28(11-9-25)22-23-19(3)17-21(24-22)27-14-12-26(13-15-27)20-7-5-6-18(2)16-20/h5-7,16-17H,4,8-15H2,1-3H3. The fourth-order valence-corrected chi connectivity index (χ4v) is 4.12. The molecule has 2 aliphatic rings. The molecule has 28 heavy (non-hydrogen) atoms. The SMILES string of the molecule is CCN1CCN(c2nc(C)cc(N3CCN(c4cccc(C)c4)CC3)n2)CC1. The molecule has 4 rings (SSSR count). The number of hydrogen-bond acceptors (Lipinski definition) is 6. The van der Waals surface area contributed by atoms with E-state index in [4.69, 9.17) is 9.97 Å². The van der Waals surface area contributed by atoms with E-state index in [0.29, 0.717) is 0 Å². The second kappa shape index (κ2) is 8.35. The first-order chi connectivity index (χ1) is 13.6. The largest absolute Gasteiger partial charge is 0.368 e. The Morgan fingerprint density at radius 2 is 1.46 bits per heavy atom. The second-order valence-corrected chi connectivity index (χ2v) is 7.90. The topological polar surface area (TPSA) is 38.7 Å². The summed E-state index contributed by atoms with van der Waals surface area (Å²) in [6.07, 6.45) is 0. The van der Waals surface area contributed by atoms with Crippen molar-refractivity contribution in [2.24, 2.45) is 0 Å². The van der Waals surface area contributed by atoms with Gasteiger partial charge in [-0.25, -0.2) is 4.98 Å². The number of aryl methyl sites for hydroxylation is 2. The van der Waals surface area contributed by atoms with Gasteiger partial charge in [0.05, 0.1) is 0 Å². The average molecular weight is 381 g/mol. The van der Waals surface area contributed by atoms with E-state index in [1.165, 1.54) is 11.3 Å². The van der Waals surface area contributed by atoms with E-state index < -0.39 is 0 Å². The van der Waals surface area contributed by atoms with E-state index in [9.17, 15) is 0 Å². The van der Waals surface area contributed by atoms with Crippen LogP contribution in [0.1, 0.15) is 18.2 Å². The maximum Gasteiger partial charge on any atom is 0.227 e. The van der Waals surface area contributed by atoms with Crippen LogP contribution in [0.15, 0.2) is 30.3 Å². The number of benzene rings is 1. The molecule has 0 aliphatic carbocycles. The lowest BCUT2D eigenvalue weighted by Gasteiger charge is -2.38. The van der Waals surface area contributed by atoms with Crippen LogP contribution >= 0.6 is 0 Å². The van der Waals surface area contributed by atoms with Crippen LogP contribution in [0.25, 0.3) is 0 Å². The van der Waals surface area contributed by atoms with Gasteiger partial charge in [0.1, 0.15) is 5.82 Å². The summed E-state index contributed by atoms with van der Waals surface area (Å²) >= 11 is 0. The monoisotopic (exact) mass is 380 g/mol. The third kappa shape index (κ3) is 4.22. The van der Waals surface area contributed by atoms with E-state index in [-0.39, 0.29) is 0 Å². The fourth-order valence-electron chi connectivity index (χ4n) is 4.12. The predicted molar refractivity (Wildman–Crippen MR) is 117 cm³/mol. The number of piperazine rings is 2. The molecule has 6 nitrogen and oxygen atoms in total. The summed E-state index contributed by atoms with van der Waals surface area (Å²) in [6, 6.07) is 10.9. The van der Waals surface area contributed by atoms with Gasteiger partial charge in [0, 0.05) is 69.8 Å². The lowest BCUT2D eigenvalue weighted by Crippen LogP contribution is -2.48. The van der Waals surface area contributed by atoms with Gasteiger partial charge in [-0.1, -0.05) is 19.1 Å². The molecule has 6 heteroatoms. The molecule has 150 valence electrons. The van der Waals surface area contributed by atoms with Crippen LogP contribution in [0.5, 0.6) is 0 Å². The molecule has 0 atom stereocenters. The van der Waals surface area contributed by atoms with Crippen molar-refractivity contribution in [3.8, 4) is 0 Å². The molecule has 0 spiro atoms. The van der Waals surface area contributed by atoms with Crippen LogP contribution in [-0.2, 0) is 0 Å². The molecule has 0 amide bonds. The number of likely N-dealkylation sites (N-methyl/N-ethyl adjacent to an activating group) is 1. The van der Waals surface area contributed by atoms with Crippen LogP contribution in [-0.4, -0.2) is 73.8 Å². The fraction of sp³-hybridized carbons (Fsp3) is 0.545. The molecule has 2 fully saturated rings. The maximum absolute atomic E-state index is 4.95. The zero-order valence-electron chi connectivity index (χ0n) is 17.4. The molecule has 1 aromatic carbocycles. The minimum absolute atomic E-state index is 0.895. The van der Waals surface area contributed by atoms with E-state index in [0.717, 1.165) is 76.4 Å². The smallest absolute Gasteiger partial charge is 0.227 e. The van der Waals surface area contributed by atoms with Gasteiger partial charge in [0.2, 0.25) is 5.95 Å². The molecule has 3 heterocycles. The Morgan fingerprint density at radius 1 is 0.786 bits per heavy atom. The van der Waals surface area contributed by atoms with Crippen molar-refractivity contribution in [3.63, 3.8) is 0 Å². The highest BCUT2D eigenvalue weighted by Crippen LogP contribution is 2.23. The van der Waals surface area contributed by atoms with E-state index in [2.05, 4.69) is 70.7 Å². The molecule has 2 aromatic rings. The van der Waals surface area contributed by atoms with Gasteiger partial charge in [-0.05, 0) is 38.1 Å². The summed E-state index contributed by atoms with van der Waals surface area (Å²) in [5, 5.41) is 0. The van der Waals surface area contributed by atoms with Crippen molar-refractivity contribution in [2.45, 2.75) is 20.8 Å². The minimum atomic E-state index is 0.895. The van der Waals surface area contributed by atoms with Crippen LogP contribution in [0.4, 0.5) is 17.5 Å². The van der Waals surface area contributed by atoms with E-state index >= 15 is 0 Å². The molecule has 0 radical (unpaired) electrons. The van der Waals surface area contributed by atoms with Gasteiger partial charge < -0.3 is 19.6 Å². The van der Waals surface area contributed by atoms with Gasteiger partial charge in [-0.15, -0.1) is 0 Å². The summed E-state index contributed by atoms with van der Waals surface area (Å²) in [5.74, 6) is 1.97. The lowest BCUT2D eigenvalue weighted by atomic mass is 10.2. The summed E-state index contributed by atoms with van der Waals surface area (Å²) in [4.78, 5) is 19.4. The molecule has 1 aromatic heterocycles. The maximum atomic E-state index is 4.95. The number of rotatable bonds is 4. The Bertz CT molecular complexity index is 791. The van der Waals surface area contributed by atoms with Crippen molar-refractivity contribution in [1.82, 2.24) is 14.9 Å². The van der Waals surface area contributed by atoms with Crippen LogP contribution < -0.4 is 14.7 Å². The average Bonchev–Trinajstić information content (AvgIpc) is 2.73. The summed E-state index contributed by atoms with van der Waals surface area (Å²) in [6.45, 7) is 15.8. The van der Waals surface area contributed by atoms with E-state index in [1.807, 2.05) is 0 Å². The second-order valence-electron chi connectivity index (χ2n) is 7.90. The molecular weight excluding hydrogens is 348 g/mol. The van der Waals surface area contributed by atoms with Crippen LogP contribution in [0, 0.1) is 13.8 Å². The first-order valence-electron chi connectivity index (χ1n) is 10.5. The van der Waals surface area contributed by atoms with Crippen molar-refractivity contribution in [3.05, 3.63) is 41.6 Å². The zero-order chi connectivity index (χ0) is 19.5. The van der Waals surface area contributed by atoms with Crippen molar-refractivity contribution < 1.29 is 0 Å². The summed E-state index contributed by atoms with van der Waals surface area (Å²) in [7, 11) is 0. The highest BCUT2D eigenvalue weighted by atomic mass is 15.3. The number of hydrogen-bond donors (Lipinski definition) is 0. The van der Waals surface area contributed by atoms with Gasteiger partial charge in [0.15, 0.2) is 0 Å².